The van der Waals surface area contributed by atoms with E-state index in [2.05, 4.69) is 5.32 Å². The zero-order valence-electron chi connectivity index (χ0n) is 14.3. The summed E-state index contributed by atoms with van der Waals surface area (Å²) in [7, 11) is 0. The summed E-state index contributed by atoms with van der Waals surface area (Å²) in [5.74, 6) is -1.32. The standard InChI is InChI=1S/C21H16INO4/c22-18-11-4-3-9-17(18)21(26)23-12-20(25)27-13-19(24)16-10-5-7-14-6-1-2-8-15(14)16/h1-11H,12-13H2,(H,23,26). The van der Waals surface area contributed by atoms with Gasteiger partial charge in [-0.3, -0.25) is 14.4 Å². The molecular formula is C21H16INO4. The molecule has 0 heterocycles. The van der Waals surface area contributed by atoms with Crippen LogP contribution in [0, 0.1) is 3.57 Å². The van der Waals surface area contributed by atoms with Crippen molar-refractivity contribution < 1.29 is 19.1 Å². The maximum atomic E-state index is 12.4. The van der Waals surface area contributed by atoms with Gasteiger partial charge in [0, 0.05) is 9.13 Å². The molecule has 6 heteroatoms. The summed E-state index contributed by atoms with van der Waals surface area (Å²) in [4.78, 5) is 36.4. The quantitative estimate of drug-likeness (QED) is 0.338. The van der Waals surface area contributed by atoms with Crippen molar-refractivity contribution in [1.29, 1.82) is 0 Å². The molecule has 0 aromatic heterocycles. The second kappa shape index (κ2) is 8.77. The van der Waals surface area contributed by atoms with E-state index in [1.54, 1.807) is 30.3 Å². The van der Waals surface area contributed by atoms with E-state index in [0.29, 0.717) is 11.1 Å². The predicted octanol–water partition coefficient (Wildman–Crippen LogP) is 3.60. The van der Waals surface area contributed by atoms with E-state index in [0.717, 1.165) is 14.3 Å². The van der Waals surface area contributed by atoms with Gasteiger partial charge in [0.25, 0.3) is 5.91 Å². The van der Waals surface area contributed by atoms with Crippen molar-refractivity contribution in [2.75, 3.05) is 13.2 Å². The van der Waals surface area contributed by atoms with Gasteiger partial charge in [0.05, 0.1) is 5.56 Å². The topological polar surface area (TPSA) is 72.5 Å². The van der Waals surface area contributed by atoms with E-state index in [1.807, 2.05) is 59.0 Å². The third-order valence-corrected chi connectivity index (χ3v) is 4.91. The first-order valence-corrected chi connectivity index (χ1v) is 9.33. The molecule has 0 saturated heterocycles. The van der Waals surface area contributed by atoms with Crippen LogP contribution in [0.4, 0.5) is 0 Å². The number of amides is 1. The molecule has 0 aliphatic rings. The Bertz CT molecular complexity index is 1010. The highest BCUT2D eigenvalue weighted by molar-refractivity contribution is 14.1. The minimum absolute atomic E-state index is 0.288. The number of carbonyl (C=O) groups excluding carboxylic acids is 3. The number of carbonyl (C=O) groups is 3. The molecule has 3 aromatic carbocycles. The lowest BCUT2D eigenvalue weighted by atomic mass is 10.0. The van der Waals surface area contributed by atoms with Crippen LogP contribution >= 0.6 is 22.6 Å². The first-order valence-electron chi connectivity index (χ1n) is 8.25. The number of ether oxygens (including phenoxy) is 1. The number of benzene rings is 3. The lowest BCUT2D eigenvalue weighted by Crippen LogP contribution is -2.32. The third-order valence-electron chi connectivity index (χ3n) is 3.97. The number of ketones is 1. The fraction of sp³-hybridized carbons (Fsp3) is 0.0952. The largest absolute Gasteiger partial charge is 0.456 e. The highest BCUT2D eigenvalue weighted by atomic mass is 127. The van der Waals surface area contributed by atoms with Gasteiger partial charge < -0.3 is 10.1 Å². The second-order valence-electron chi connectivity index (χ2n) is 5.77. The SMILES string of the molecule is O=C(CNC(=O)c1ccccc1I)OCC(=O)c1cccc2ccccc12. The molecule has 0 fully saturated rings. The third kappa shape index (κ3) is 4.71. The Morgan fingerprint density at radius 3 is 2.33 bits per heavy atom. The van der Waals surface area contributed by atoms with Crippen molar-refractivity contribution in [2.45, 2.75) is 0 Å². The molecule has 5 nitrogen and oxygen atoms in total. The summed E-state index contributed by atoms with van der Waals surface area (Å²) in [5.41, 5.74) is 0.988. The van der Waals surface area contributed by atoms with Crippen molar-refractivity contribution in [3.05, 3.63) is 81.4 Å². The summed E-state index contributed by atoms with van der Waals surface area (Å²) in [6, 6.07) is 20.0. The van der Waals surface area contributed by atoms with Gasteiger partial charge in [0.1, 0.15) is 6.54 Å². The van der Waals surface area contributed by atoms with Crippen LogP contribution in [0.3, 0.4) is 0 Å². The monoisotopic (exact) mass is 473 g/mol. The maximum Gasteiger partial charge on any atom is 0.325 e. The average Bonchev–Trinajstić information content (AvgIpc) is 2.70. The van der Waals surface area contributed by atoms with Gasteiger partial charge in [-0.15, -0.1) is 0 Å². The first-order chi connectivity index (χ1) is 13.1. The van der Waals surface area contributed by atoms with Crippen molar-refractivity contribution in [1.82, 2.24) is 5.32 Å². The van der Waals surface area contributed by atoms with Gasteiger partial charge >= 0.3 is 5.97 Å². The highest BCUT2D eigenvalue weighted by Gasteiger charge is 2.14. The maximum absolute atomic E-state index is 12.4. The lowest BCUT2D eigenvalue weighted by molar-refractivity contribution is -0.141. The number of hydrogen-bond donors (Lipinski definition) is 1. The Morgan fingerprint density at radius 2 is 1.52 bits per heavy atom. The van der Waals surface area contributed by atoms with Gasteiger partial charge in [0.15, 0.2) is 6.61 Å². The van der Waals surface area contributed by atoms with Gasteiger partial charge in [-0.25, -0.2) is 0 Å². The first kappa shape index (κ1) is 19.0. The van der Waals surface area contributed by atoms with Crippen LogP contribution in [-0.2, 0) is 9.53 Å². The summed E-state index contributed by atoms with van der Waals surface area (Å²) in [6.07, 6.45) is 0. The molecule has 0 atom stereocenters. The molecule has 3 rings (SSSR count). The number of rotatable bonds is 6. The fourth-order valence-electron chi connectivity index (χ4n) is 2.64. The average molecular weight is 473 g/mol. The van der Waals surface area contributed by atoms with Gasteiger partial charge in [-0.2, -0.15) is 0 Å². The molecule has 0 radical (unpaired) electrons. The van der Waals surface area contributed by atoms with Crippen LogP contribution in [0.25, 0.3) is 10.8 Å². The van der Waals surface area contributed by atoms with Crippen molar-refractivity contribution in [3.8, 4) is 0 Å². The molecular weight excluding hydrogens is 457 g/mol. The smallest absolute Gasteiger partial charge is 0.325 e. The number of nitrogens with one attached hydrogen (secondary N) is 1. The van der Waals surface area contributed by atoms with Crippen molar-refractivity contribution in [3.63, 3.8) is 0 Å². The zero-order valence-corrected chi connectivity index (χ0v) is 16.4. The molecule has 0 spiro atoms. The Hall–Kier alpha value is -2.74. The van der Waals surface area contributed by atoms with Gasteiger partial charge in [-0.1, -0.05) is 54.6 Å². The molecule has 0 bridgehead atoms. The summed E-state index contributed by atoms with van der Waals surface area (Å²) >= 11 is 2.05. The number of Topliss-reactive ketones (excluding diaryl/α,β-unsaturated/α-hetero) is 1. The Kier molecular flexibility index (Phi) is 6.18. The molecule has 0 aliphatic carbocycles. The predicted molar refractivity (Wildman–Crippen MR) is 111 cm³/mol. The van der Waals surface area contributed by atoms with E-state index in [-0.39, 0.29) is 24.8 Å². The number of halogens is 1. The van der Waals surface area contributed by atoms with Gasteiger partial charge in [-0.05, 0) is 45.5 Å². The summed E-state index contributed by atoms with van der Waals surface area (Å²) in [6.45, 7) is -0.668. The Morgan fingerprint density at radius 1 is 0.852 bits per heavy atom. The van der Waals surface area contributed by atoms with Crippen molar-refractivity contribution in [2.24, 2.45) is 0 Å². The normalized spacial score (nSPS) is 10.4. The van der Waals surface area contributed by atoms with Gasteiger partial charge in [0.2, 0.25) is 5.78 Å². The molecule has 0 aliphatic heterocycles. The van der Waals surface area contributed by atoms with E-state index >= 15 is 0 Å². The van der Waals surface area contributed by atoms with Crippen molar-refractivity contribution >= 4 is 51.0 Å². The van der Waals surface area contributed by atoms with E-state index < -0.39 is 5.97 Å². The van der Waals surface area contributed by atoms with E-state index in [4.69, 9.17) is 4.74 Å². The minimum atomic E-state index is -0.664. The highest BCUT2D eigenvalue weighted by Crippen LogP contribution is 2.19. The van der Waals surface area contributed by atoms with Crippen LogP contribution in [0.5, 0.6) is 0 Å². The molecule has 3 aromatic rings. The molecule has 136 valence electrons. The lowest BCUT2D eigenvalue weighted by Gasteiger charge is -2.08. The van der Waals surface area contributed by atoms with Crippen LogP contribution in [0.2, 0.25) is 0 Å². The Labute approximate surface area is 169 Å². The molecule has 27 heavy (non-hydrogen) atoms. The second-order valence-corrected chi connectivity index (χ2v) is 6.94. The molecule has 1 N–H and O–H groups in total. The van der Waals surface area contributed by atoms with E-state index in [9.17, 15) is 14.4 Å². The minimum Gasteiger partial charge on any atom is -0.456 e. The van der Waals surface area contributed by atoms with Crippen LogP contribution in [0.15, 0.2) is 66.7 Å². The van der Waals surface area contributed by atoms with E-state index in [1.165, 1.54) is 0 Å². The number of fused-ring (bicyclic) bond motifs is 1. The molecule has 1 amide bonds. The van der Waals surface area contributed by atoms with Crippen LogP contribution in [-0.4, -0.2) is 30.8 Å². The number of hydrogen-bond acceptors (Lipinski definition) is 4. The van der Waals surface area contributed by atoms with Crippen LogP contribution < -0.4 is 5.32 Å². The molecule has 0 saturated carbocycles. The zero-order chi connectivity index (χ0) is 19.2. The summed E-state index contributed by atoms with van der Waals surface area (Å²) in [5, 5.41) is 4.26. The molecule has 0 unspecified atom stereocenters. The van der Waals surface area contributed by atoms with Crippen LogP contribution in [0.1, 0.15) is 20.7 Å². The summed E-state index contributed by atoms with van der Waals surface area (Å²) < 4.78 is 5.80. The number of esters is 1. The Balaban J connectivity index is 1.55. The fourth-order valence-corrected chi connectivity index (χ4v) is 3.27.